The number of carbonyl (C=O) groups is 1. The molecule has 0 aliphatic carbocycles. The first-order valence-electron chi connectivity index (χ1n) is 4.05. The maximum atomic E-state index is 11.6. The van der Waals surface area contributed by atoms with E-state index in [1.807, 2.05) is 6.92 Å². The Morgan fingerprint density at radius 3 is 3.00 bits per heavy atom. The molecule has 2 aromatic heterocycles. The summed E-state index contributed by atoms with van der Waals surface area (Å²) in [6, 6.07) is 0. The molecule has 72 valence electrons. The van der Waals surface area contributed by atoms with Crippen molar-refractivity contribution in [3.63, 3.8) is 0 Å². The Bertz CT molecular complexity index is 434. The summed E-state index contributed by atoms with van der Waals surface area (Å²) in [6.07, 6.45) is 3.31. The van der Waals surface area contributed by atoms with Gasteiger partial charge in [-0.15, -0.1) is 11.3 Å². The van der Waals surface area contributed by atoms with Gasteiger partial charge in [0.1, 0.15) is 12.2 Å². The topological polar surface area (TPSA) is 71.5 Å². The van der Waals surface area contributed by atoms with E-state index in [0.717, 1.165) is 4.88 Å². The lowest BCUT2D eigenvalue weighted by Crippen LogP contribution is -2.04. The summed E-state index contributed by atoms with van der Waals surface area (Å²) in [7, 11) is 0. The van der Waals surface area contributed by atoms with Gasteiger partial charge in [0.15, 0.2) is 10.8 Å². The molecule has 0 bridgehead atoms. The number of Topliss-reactive ketones (excluding diaryl/α,β-unsaturated/α-hetero) is 1. The molecule has 0 aliphatic rings. The van der Waals surface area contributed by atoms with Gasteiger partial charge in [-0.3, -0.25) is 9.89 Å². The standard InChI is InChI=1S/C8H8N4OS/c1-5-3-9-8(14-5)6(13)2-7-10-4-11-12-7/h3-4H,2H2,1H3,(H,10,11,12). The highest BCUT2D eigenvalue weighted by atomic mass is 32.1. The van der Waals surface area contributed by atoms with Crippen LogP contribution in [0.1, 0.15) is 20.5 Å². The molecule has 0 fully saturated rings. The van der Waals surface area contributed by atoms with E-state index in [4.69, 9.17) is 0 Å². The van der Waals surface area contributed by atoms with Crippen LogP contribution in [0.15, 0.2) is 12.5 Å². The van der Waals surface area contributed by atoms with Gasteiger partial charge in [-0.25, -0.2) is 9.97 Å². The Balaban J connectivity index is 2.10. The van der Waals surface area contributed by atoms with Crippen molar-refractivity contribution >= 4 is 17.1 Å². The minimum atomic E-state index is -0.0279. The van der Waals surface area contributed by atoms with Gasteiger partial charge in [0.05, 0.1) is 6.42 Å². The first-order chi connectivity index (χ1) is 6.75. The number of aromatic amines is 1. The van der Waals surface area contributed by atoms with E-state index in [9.17, 15) is 4.79 Å². The van der Waals surface area contributed by atoms with E-state index < -0.39 is 0 Å². The van der Waals surface area contributed by atoms with Crippen molar-refractivity contribution in [2.45, 2.75) is 13.3 Å². The third-order valence-electron chi connectivity index (χ3n) is 1.65. The predicted octanol–water partition coefficient (Wildman–Crippen LogP) is 0.995. The Labute approximate surface area is 84.2 Å². The van der Waals surface area contributed by atoms with Crippen LogP contribution >= 0.6 is 11.3 Å². The Morgan fingerprint density at radius 2 is 2.43 bits per heavy atom. The van der Waals surface area contributed by atoms with Crippen molar-refractivity contribution in [3.8, 4) is 0 Å². The number of hydrogen-bond acceptors (Lipinski definition) is 5. The summed E-state index contributed by atoms with van der Waals surface area (Å²) in [6.45, 7) is 1.92. The second-order valence-corrected chi connectivity index (χ2v) is 4.04. The molecular weight excluding hydrogens is 200 g/mol. The van der Waals surface area contributed by atoms with E-state index in [1.54, 1.807) is 6.20 Å². The molecule has 0 saturated carbocycles. The number of hydrogen-bond donors (Lipinski definition) is 1. The molecule has 2 heterocycles. The van der Waals surface area contributed by atoms with Gasteiger partial charge in [-0.1, -0.05) is 0 Å². The zero-order valence-electron chi connectivity index (χ0n) is 7.52. The van der Waals surface area contributed by atoms with Crippen LogP contribution < -0.4 is 0 Å². The Kier molecular flexibility index (Phi) is 2.36. The van der Waals surface area contributed by atoms with E-state index >= 15 is 0 Å². The number of aromatic nitrogens is 4. The second-order valence-electron chi connectivity index (χ2n) is 2.81. The predicted molar refractivity (Wildman–Crippen MR) is 51.3 cm³/mol. The first-order valence-corrected chi connectivity index (χ1v) is 4.87. The van der Waals surface area contributed by atoms with Gasteiger partial charge in [0, 0.05) is 11.1 Å². The molecule has 2 rings (SSSR count). The van der Waals surface area contributed by atoms with Crippen molar-refractivity contribution < 1.29 is 4.79 Å². The molecule has 0 spiro atoms. The Morgan fingerprint density at radius 1 is 1.57 bits per heavy atom. The minimum absolute atomic E-state index is 0.0279. The number of nitrogens with zero attached hydrogens (tertiary/aromatic N) is 3. The third kappa shape index (κ3) is 1.85. The van der Waals surface area contributed by atoms with E-state index in [1.165, 1.54) is 17.7 Å². The van der Waals surface area contributed by atoms with Crippen LogP contribution in [-0.2, 0) is 6.42 Å². The molecule has 0 amide bonds. The smallest absolute Gasteiger partial charge is 0.198 e. The van der Waals surface area contributed by atoms with Gasteiger partial charge in [0.25, 0.3) is 0 Å². The lowest BCUT2D eigenvalue weighted by molar-refractivity contribution is 0.0990. The van der Waals surface area contributed by atoms with Gasteiger partial charge in [-0.05, 0) is 6.92 Å². The van der Waals surface area contributed by atoms with E-state index in [2.05, 4.69) is 20.2 Å². The van der Waals surface area contributed by atoms with Crippen molar-refractivity contribution in [1.29, 1.82) is 0 Å². The summed E-state index contributed by atoms with van der Waals surface area (Å²) in [5.41, 5.74) is 0. The number of H-pyrrole nitrogens is 1. The summed E-state index contributed by atoms with van der Waals surface area (Å²) >= 11 is 1.39. The summed E-state index contributed by atoms with van der Waals surface area (Å²) in [5, 5.41) is 6.84. The number of thiazole rings is 1. The molecule has 6 heteroatoms. The fraction of sp³-hybridized carbons (Fsp3) is 0.250. The highest BCUT2D eigenvalue weighted by Crippen LogP contribution is 2.12. The number of aryl methyl sites for hydroxylation is 1. The Hall–Kier alpha value is -1.56. The molecular formula is C8H8N4OS. The SMILES string of the molecule is Cc1cnc(C(=O)Cc2ncn[nH]2)s1. The monoisotopic (exact) mass is 208 g/mol. The molecule has 0 aliphatic heterocycles. The molecule has 0 aromatic carbocycles. The van der Waals surface area contributed by atoms with Crippen LogP contribution in [-0.4, -0.2) is 25.9 Å². The maximum Gasteiger partial charge on any atom is 0.198 e. The third-order valence-corrected chi connectivity index (χ3v) is 2.61. The van der Waals surface area contributed by atoms with Crippen LogP contribution in [0.25, 0.3) is 0 Å². The average molecular weight is 208 g/mol. The van der Waals surface area contributed by atoms with Gasteiger partial charge < -0.3 is 0 Å². The molecule has 0 atom stereocenters. The van der Waals surface area contributed by atoms with Gasteiger partial charge in [0.2, 0.25) is 0 Å². The molecule has 5 nitrogen and oxygen atoms in total. The quantitative estimate of drug-likeness (QED) is 0.764. The normalized spacial score (nSPS) is 10.4. The number of rotatable bonds is 3. The van der Waals surface area contributed by atoms with Crippen LogP contribution in [0.5, 0.6) is 0 Å². The van der Waals surface area contributed by atoms with Crippen molar-refractivity contribution in [3.05, 3.63) is 28.2 Å². The van der Waals surface area contributed by atoms with Crippen molar-refractivity contribution in [2.24, 2.45) is 0 Å². The minimum Gasteiger partial charge on any atom is -0.291 e. The molecule has 1 N–H and O–H groups in total. The van der Waals surface area contributed by atoms with Crippen LogP contribution in [0, 0.1) is 6.92 Å². The zero-order valence-corrected chi connectivity index (χ0v) is 8.34. The van der Waals surface area contributed by atoms with Crippen molar-refractivity contribution in [1.82, 2.24) is 20.2 Å². The van der Waals surface area contributed by atoms with Crippen LogP contribution in [0.2, 0.25) is 0 Å². The fourth-order valence-corrected chi connectivity index (χ4v) is 1.73. The molecule has 14 heavy (non-hydrogen) atoms. The number of nitrogens with one attached hydrogen (secondary N) is 1. The molecule has 0 radical (unpaired) electrons. The fourth-order valence-electron chi connectivity index (χ4n) is 1.03. The summed E-state index contributed by atoms with van der Waals surface area (Å²) in [5.74, 6) is 0.544. The summed E-state index contributed by atoms with van der Waals surface area (Å²) < 4.78 is 0. The van der Waals surface area contributed by atoms with Gasteiger partial charge >= 0.3 is 0 Å². The van der Waals surface area contributed by atoms with Gasteiger partial charge in [-0.2, -0.15) is 5.10 Å². The highest BCUT2D eigenvalue weighted by Gasteiger charge is 2.11. The maximum absolute atomic E-state index is 11.6. The lowest BCUT2D eigenvalue weighted by Gasteiger charge is -1.91. The number of carbonyl (C=O) groups excluding carboxylic acids is 1. The molecule has 0 unspecified atom stereocenters. The molecule has 0 saturated heterocycles. The second kappa shape index (κ2) is 3.67. The molecule has 2 aromatic rings. The van der Waals surface area contributed by atoms with Crippen LogP contribution in [0.3, 0.4) is 0 Å². The lowest BCUT2D eigenvalue weighted by atomic mass is 10.3. The largest absolute Gasteiger partial charge is 0.291 e. The average Bonchev–Trinajstić information content (AvgIpc) is 2.75. The highest BCUT2D eigenvalue weighted by molar-refractivity contribution is 7.13. The van der Waals surface area contributed by atoms with E-state index in [-0.39, 0.29) is 12.2 Å². The number of ketones is 1. The first kappa shape index (κ1) is 9.01. The van der Waals surface area contributed by atoms with E-state index in [0.29, 0.717) is 10.8 Å². The zero-order chi connectivity index (χ0) is 9.97. The summed E-state index contributed by atoms with van der Waals surface area (Å²) in [4.78, 5) is 20.5. The van der Waals surface area contributed by atoms with Crippen LogP contribution in [0.4, 0.5) is 0 Å². The van der Waals surface area contributed by atoms with Crippen molar-refractivity contribution in [2.75, 3.05) is 0 Å².